The van der Waals surface area contributed by atoms with Crippen LogP contribution in [0.4, 0.5) is 0 Å². The number of aliphatic hydroxyl groups is 1. The molecule has 6 heteroatoms. The predicted octanol–water partition coefficient (Wildman–Crippen LogP) is 1.11. The Morgan fingerprint density at radius 2 is 2.24 bits per heavy atom. The molecule has 0 aromatic carbocycles. The number of hydrogen-bond acceptors (Lipinski definition) is 6. The molecule has 1 heterocycles. The highest BCUT2D eigenvalue weighted by Gasteiger charge is 2.31. The lowest BCUT2D eigenvalue weighted by Crippen LogP contribution is -2.26. The Morgan fingerprint density at radius 3 is 2.76 bits per heavy atom. The van der Waals surface area contributed by atoms with E-state index in [1.807, 2.05) is 20.8 Å². The molecule has 0 amide bonds. The van der Waals surface area contributed by atoms with Crippen molar-refractivity contribution in [3.05, 3.63) is 11.7 Å². The van der Waals surface area contributed by atoms with Gasteiger partial charge in [0.25, 0.3) is 5.89 Å². The van der Waals surface area contributed by atoms with Crippen molar-refractivity contribution in [2.24, 2.45) is 5.73 Å². The van der Waals surface area contributed by atoms with Gasteiger partial charge < -0.3 is 20.1 Å². The van der Waals surface area contributed by atoms with Crippen molar-refractivity contribution in [2.45, 2.75) is 45.3 Å². The topological polar surface area (TPSA) is 94.4 Å². The normalized spacial score (nSPS) is 16.8. The number of rotatable bonds is 7. The minimum Gasteiger partial charge on any atom is -0.383 e. The second kappa shape index (κ2) is 6.09. The first kappa shape index (κ1) is 14.1. The van der Waals surface area contributed by atoms with E-state index in [0.29, 0.717) is 25.4 Å². The Morgan fingerprint density at radius 1 is 1.53 bits per heavy atom. The highest BCUT2D eigenvalue weighted by molar-refractivity contribution is 5.00. The van der Waals surface area contributed by atoms with Gasteiger partial charge in [0.2, 0.25) is 5.82 Å². The summed E-state index contributed by atoms with van der Waals surface area (Å²) >= 11 is 0. The van der Waals surface area contributed by atoms with Crippen LogP contribution in [-0.4, -0.2) is 28.4 Å². The highest BCUT2D eigenvalue weighted by Crippen LogP contribution is 2.27. The van der Waals surface area contributed by atoms with Gasteiger partial charge in [-0.1, -0.05) is 12.1 Å². The van der Waals surface area contributed by atoms with Crippen molar-refractivity contribution in [3.63, 3.8) is 0 Å². The molecule has 1 unspecified atom stereocenters. The van der Waals surface area contributed by atoms with E-state index in [1.165, 1.54) is 0 Å². The molecule has 0 fully saturated rings. The maximum absolute atomic E-state index is 9.69. The van der Waals surface area contributed by atoms with E-state index in [2.05, 4.69) is 10.1 Å². The van der Waals surface area contributed by atoms with Crippen LogP contribution in [0.1, 0.15) is 51.4 Å². The predicted molar refractivity (Wildman–Crippen MR) is 62.2 cm³/mol. The van der Waals surface area contributed by atoms with Crippen molar-refractivity contribution in [2.75, 3.05) is 13.2 Å². The second-order valence-corrected chi connectivity index (χ2v) is 4.07. The first-order valence-electron chi connectivity index (χ1n) is 5.93. The molecule has 0 saturated heterocycles. The van der Waals surface area contributed by atoms with E-state index in [9.17, 15) is 5.11 Å². The Kier molecular flexibility index (Phi) is 5.04. The summed E-state index contributed by atoms with van der Waals surface area (Å²) in [5.41, 5.74) is 4.79. The molecule has 1 aromatic heterocycles. The fraction of sp³-hybridized carbons (Fsp3) is 0.818. The largest absolute Gasteiger partial charge is 0.383 e. The van der Waals surface area contributed by atoms with Crippen LogP contribution in [0.25, 0.3) is 0 Å². The number of hydrogen-bond donors (Lipinski definition) is 2. The lowest BCUT2D eigenvalue weighted by Gasteiger charge is -2.23. The van der Waals surface area contributed by atoms with E-state index in [-0.39, 0.29) is 5.89 Å². The molecule has 0 aliphatic rings. The Balaban J connectivity index is 2.85. The van der Waals surface area contributed by atoms with Gasteiger partial charge in [-0.3, -0.25) is 0 Å². The fourth-order valence-electron chi connectivity index (χ4n) is 1.51. The second-order valence-electron chi connectivity index (χ2n) is 4.07. The van der Waals surface area contributed by atoms with Crippen LogP contribution in [0.15, 0.2) is 4.52 Å². The Hall–Kier alpha value is -0.980. The van der Waals surface area contributed by atoms with Crippen LogP contribution in [0, 0.1) is 0 Å². The maximum Gasteiger partial charge on any atom is 0.255 e. The van der Waals surface area contributed by atoms with Gasteiger partial charge in [-0.2, -0.15) is 4.98 Å². The van der Waals surface area contributed by atoms with Crippen molar-refractivity contribution in [3.8, 4) is 0 Å². The average molecular weight is 243 g/mol. The molecule has 0 saturated carbocycles. The molecule has 98 valence electrons. The van der Waals surface area contributed by atoms with Gasteiger partial charge >= 0.3 is 0 Å². The van der Waals surface area contributed by atoms with Gasteiger partial charge in [0.05, 0.1) is 0 Å². The highest BCUT2D eigenvalue weighted by atomic mass is 16.5. The lowest BCUT2D eigenvalue weighted by atomic mass is 10.0. The van der Waals surface area contributed by atoms with Gasteiger partial charge in [-0.15, -0.1) is 0 Å². The van der Waals surface area contributed by atoms with Gasteiger partial charge in [-0.05, 0) is 33.2 Å². The molecule has 17 heavy (non-hydrogen) atoms. The summed E-state index contributed by atoms with van der Waals surface area (Å²) in [6.07, 6.45) is 0.329. The quantitative estimate of drug-likeness (QED) is 0.745. The molecule has 1 aromatic rings. The van der Waals surface area contributed by atoms with Crippen molar-refractivity contribution >= 4 is 0 Å². The van der Waals surface area contributed by atoms with Crippen LogP contribution in [0.3, 0.4) is 0 Å². The zero-order valence-electron chi connectivity index (χ0n) is 10.6. The smallest absolute Gasteiger partial charge is 0.255 e. The standard InChI is InChI=1S/C11H21N3O3/c1-4-11(3,16-5-2)10-13-9(17-14-10)8(15)6-7-12/h8,15H,4-7,12H2,1-3H3/t8-,11?/m0/s1. The number of nitrogens with zero attached hydrogens (tertiary/aromatic N) is 2. The van der Waals surface area contributed by atoms with Crippen molar-refractivity contribution in [1.29, 1.82) is 0 Å². The molecule has 0 aliphatic carbocycles. The number of ether oxygens (including phenoxy) is 1. The molecule has 1 rings (SSSR count). The van der Waals surface area contributed by atoms with Crippen LogP contribution in [0.2, 0.25) is 0 Å². The zero-order valence-corrected chi connectivity index (χ0v) is 10.6. The minimum absolute atomic E-state index is 0.199. The first-order chi connectivity index (χ1) is 8.07. The monoisotopic (exact) mass is 243 g/mol. The summed E-state index contributed by atoms with van der Waals surface area (Å²) in [7, 11) is 0. The number of aliphatic hydroxyl groups excluding tert-OH is 1. The summed E-state index contributed by atoms with van der Waals surface area (Å²) in [5, 5.41) is 13.6. The summed E-state index contributed by atoms with van der Waals surface area (Å²) in [4.78, 5) is 4.18. The Bertz CT molecular complexity index is 342. The van der Waals surface area contributed by atoms with Gasteiger partial charge in [0.15, 0.2) is 0 Å². The molecular formula is C11H21N3O3. The molecule has 0 spiro atoms. The molecule has 0 aliphatic heterocycles. The van der Waals surface area contributed by atoms with Crippen LogP contribution < -0.4 is 5.73 Å². The van der Waals surface area contributed by atoms with E-state index in [4.69, 9.17) is 15.0 Å². The van der Waals surface area contributed by atoms with Crippen LogP contribution in [-0.2, 0) is 10.3 Å². The summed E-state index contributed by atoms with van der Waals surface area (Å²) in [6.45, 7) is 6.75. The summed E-state index contributed by atoms with van der Waals surface area (Å²) in [6, 6.07) is 0. The molecule has 6 nitrogen and oxygen atoms in total. The lowest BCUT2D eigenvalue weighted by molar-refractivity contribution is -0.0403. The van der Waals surface area contributed by atoms with E-state index in [0.717, 1.165) is 6.42 Å². The van der Waals surface area contributed by atoms with Crippen molar-refractivity contribution in [1.82, 2.24) is 10.1 Å². The third-order valence-corrected chi connectivity index (χ3v) is 2.78. The minimum atomic E-state index is -0.802. The number of aromatic nitrogens is 2. The summed E-state index contributed by atoms with van der Waals surface area (Å²) < 4.78 is 10.7. The van der Waals surface area contributed by atoms with Crippen molar-refractivity contribution < 1.29 is 14.4 Å². The summed E-state index contributed by atoms with van der Waals surface area (Å²) in [5.74, 6) is 0.665. The van der Waals surface area contributed by atoms with E-state index in [1.54, 1.807) is 0 Å². The third kappa shape index (κ3) is 3.24. The molecule has 2 atom stereocenters. The average Bonchev–Trinajstić information content (AvgIpc) is 2.79. The van der Waals surface area contributed by atoms with E-state index >= 15 is 0 Å². The molecule has 3 N–H and O–H groups in total. The Labute approximate surface area is 101 Å². The third-order valence-electron chi connectivity index (χ3n) is 2.78. The van der Waals surface area contributed by atoms with Crippen LogP contribution in [0.5, 0.6) is 0 Å². The molecule has 0 radical (unpaired) electrons. The molecule has 0 bridgehead atoms. The van der Waals surface area contributed by atoms with Gasteiger partial charge in [0, 0.05) is 6.61 Å². The first-order valence-corrected chi connectivity index (χ1v) is 5.93. The SMILES string of the molecule is CCOC(C)(CC)c1noc([C@@H](O)CCN)n1. The molecular weight excluding hydrogens is 222 g/mol. The fourth-order valence-corrected chi connectivity index (χ4v) is 1.51. The zero-order chi connectivity index (χ0) is 12.9. The van der Waals surface area contributed by atoms with Gasteiger partial charge in [-0.25, -0.2) is 0 Å². The van der Waals surface area contributed by atoms with Gasteiger partial charge in [0.1, 0.15) is 11.7 Å². The van der Waals surface area contributed by atoms with E-state index < -0.39 is 11.7 Å². The number of nitrogens with two attached hydrogens (primary N) is 1. The van der Waals surface area contributed by atoms with Crippen LogP contribution >= 0.6 is 0 Å². The maximum atomic E-state index is 9.69.